The third kappa shape index (κ3) is 34.0. The van der Waals surface area contributed by atoms with Crippen molar-refractivity contribution in [3.63, 3.8) is 0 Å². The molecule has 0 saturated heterocycles. The summed E-state index contributed by atoms with van der Waals surface area (Å²) in [6.07, 6.45) is 29.5. The lowest BCUT2D eigenvalue weighted by Crippen LogP contribution is -2.11. The van der Waals surface area contributed by atoms with Gasteiger partial charge >= 0.3 is 0 Å². The zero-order chi connectivity index (χ0) is 25.4. The quantitative estimate of drug-likeness (QED) is 0.102. The summed E-state index contributed by atoms with van der Waals surface area (Å²) in [5.41, 5.74) is 0. The van der Waals surface area contributed by atoms with E-state index in [0.29, 0.717) is 12.8 Å². The minimum atomic E-state index is -0.0443. The predicted octanol–water partition coefficient (Wildman–Crippen LogP) is 8.20. The molecule has 0 aliphatic rings. The van der Waals surface area contributed by atoms with Crippen LogP contribution in [-0.4, -0.2) is 48.4 Å². The Hall–Kier alpha value is -0.160. The number of ether oxygens (including phenoxy) is 1. The van der Waals surface area contributed by atoms with E-state index in [-0.39, 0.29) is 25.7 Å². The zero-order valence-corrected chi connectivity index (χ0v) is 23.4. The first-order valence-electron chi connectivity index (χ1n) is 15.2. The molecule has 0 aromatic carbocycles. The Balaban J connectivity index is 0. The fourth-order valence-electron chi connectivity index (χ4n) is 4.11. The van der Waals surface area contributed by atoms with Crippen molar-refractivity contribution in [3.05, 3.63) is 0 Å². The molecule has 0 aliphatic carbocycles. The van der Waals surface area contributed by atoms with Crippen LogP contribution >= 0.6 is 0 Å². The number of rotatable bonds is 27. The fraction of sp³-hybridized carbons (Fsp3) is 1.00. The van der Waals surface area contributed by atoms with Crippen LogP contribution in [0.3, 0.4) is 0 Å². The van der Waals surface area contributed by atoms with Gasteiger partial charge in [0.2, 0.25) is 0 Å². The van der Waals surface area contributed by atoms with Gasteiger partial charge in [0.25, 0.3) is 0 Å². The zero-order valence-electron chi connectivity index (χ0n) is 23.4. The summed E-state index contributed by atoms with van der Waals surface area (Å²) in [5.74, 6) is -0.0443. The van der Waals surface area contributed by atoms with Gasteiger partial charge in [0, 0.05) is 39.0 Å². The monoisotopic (exact) mass is 488 g/mol. The third-order valence-corrected chi connectivity index (χ3v) is 6.57. The van der Waals surface area contributed by atoms with Crippen molar-refractivity contribution in [1.29, 1.82) is 0 Å². The second kappa shape index (κ2) is 35.0. The molecule has 0 unspecified atom stereocenters. The van der Waals surface area contributed by atoms with Crippen molar-refractivity contribution < 1.29 is 20.1 Å². The first kappa shape index (κ1) is 36.0. The predicted molar refractivity (Wildman–Crippen MR) is 148 cm³/mol. The molecule has 0 saturated carbocycles. The molecule has 0 amide bonds. The standard InChI is InChI=1S/C24H50O.C6H14O3/c1-3-5-7-9-11-13-15-17-19-21-23-25-24-22-20-18-16-14-12-10-8-6-4-2;7-3-1-2-6(4-8)5-9/h3-24H2,1-2H3;6-9H,1-5H2. The Kier molecular flexibility index (Phi) is 37.1. The highest BCUT2D eigenvalue weighted by Gasteiger charge is 2.03. The maximum atomic E-state index is 8.51. The minimum Gasteiger partial charge on any atom is -0.396 e. The molecule has 4 nitrogen and oxygen atoms in total. The molecule has 0 aromatic rings. The molecule has 4 heteroatoms. The number of unbranched alkanes of at least 4 members (excludes halogenated alkanes) is 18. The first-order valence-corrected chi connectivity index (χ1v) is 15.2. The fourth-order valence-corrected chi connectivity index (χ4v) is 4.11. The summed E-state index contributed by atoms with van der Waals surface area (Å²) in [7, 11) is 0. The summed E-state index contributed by atoms with van der Waals surface area (Å²) in [6, 6.07) is 0. The van der Waals surface area contributed by atoms with Crippen molar-refractivity contribution in [1.82, 2.24) is 0 Å². The second-order valence-electron chi connectivity index (χ2n) is 10.1. The molecule has 34 heavy (non-hydrogen) atoms. The van der Waals surface area contributed by atoms with E-state index in [1.807, 2.05) is 0 Å². The lowest BCUT2D eigenvalue weighted by atomic mass is 10.1. The Morgan fingerprint density at radius 1 is 0.441 bits per heavy atom. The van der Waals surface area contributed by atoms with Crippen LogP contribution in [0, 0.1) is 5.92 Å². The molecule has 0 aliphatic heterocycles. The average Bonchev–Trinajstić information content (AvgIpc) is 2.86. The molecule has 0 atom stereocenters. The highest BCUT2D eigenvalue weighted by molar-refractivity contribution is 4.54. The lowest BCUT2D eigenvalue weighted by Gasteiger charge is -2.07. The van der Waals surface area contributed by atoms with Crippen LogP contribution in [-0.2, 0) is 4.74 Å². The van der Waals surface area contributed by atoms with Crippen LogP contribution in [0.15, 0.2) is 0 Å². The topological polar surface area (TPSA) is 69.9 Å². The van der Waals surface area contributed by atoms with E-state index in [9.17, 15) is 0 Å². The molecule has 0 heterocycles. The van der Waals surface area contributed by atoms with Gasteiger partial charge in [-0.25, -0.2) is 0 Å². The molecular weight excluding hydrogens is 424 g/mol. The molecule has 3 N–H and O–H groups in total. The molecule has 0 bridgehead atoms. The molecule has 0 spiro atoms. The van der Waals surface area contributed by atoms with Crippen molar-refractivity contribution in [3.8, 4) is 0 Å². The van der Waals surface area contributed by atoms with E-state index >= 15 is 0 Å². The average molecular weight is 489 g/mol. The smallest absolute Gasteiger partial charge is 0.0481 e. The summed E-state index contributed by atoms with van der Waals surface area (Å²) in [5, 5.41) is 25.4. The number of aliphatic hydroxyl groups is 3. The third-order valence-electron chi connectivity index (χ3n) is 6.57. The SMILES string of the molecule is CCCCCCCCCCCCOCCCCCCCCCCCC.OCCCC(CO)CO. The maximum Gasteiger partial charge on any atom is 0.0481 e. The van der Waals surface area contributed by atoms with Gasteiger partial charge in [-0.3, -0.25) is 0 Å². The van der Waals surface area contributed by atoms with Crippen LogP contribution in [0.1, 0.15) is 155 Å². The van der Waals surface area contributed by atoms with Crippen LogP contribution in [0.25, 0.3) is 0 Å². The largest absolute Gasteiger partial charge is 0.396 e. The van der Waals surface area contributed by atoms with E-state index in [1.165, 1.54) is 128 Å². The van der Waals surface area contributed by atoms with Gasteiger partial charge in [-0.1, -0.05) is 129 Å². The van der Waals surface area contributed by atoms with Gasteiger partial charge in [-0.2, -0.15) is 0 Å². The normalized spacial score (nSPS) is 11.1. The van der Waals surface area contributed by atoms with E-state index in [0.717, 1.165) is 13.2 Å². The van der Waals surface area contributed by atoms with E-state index in [4.69, 9.17) is 20.1 Å². The molecule has 0 aromatic heterocycles. The Morgan fingerprint density at radius 3 is 1.06 bits per heavy atom. The molecule has 0 rings (SSSR count). The van der Waals surface area contributed by atoms with E-state index in [2.05, 4.69) is 13.8 Å². The van der Waals surface area contributed by atoms with Gasteiger partial charge in [-0.15, -0.1) is 0 Å². The molecule has 0 fully saturated rings. The van der Waals surface area contributed by atoms with Crippen LogP contribution in [0.5, 0.6) is 0 Å². The van der Waals surface area contributed by atoms with Crippen molar-refractivity contribution in [2.24, 2.45) is 5.92 Å². The molecule has 208 valence electrons. The van der Waals surface area contributed by atoms with Gasteiger partial charge < -0.3 is 20.1 Å². The maximum absolute atomic E-state index is 8.51. The first-order chi connectivity index (χ1) is 16.8. The van der Waals surface area contributed by atoms with Crippen molar-refractivity contribution in [2.45, 2.75) is 155 Å². The lowest BCUT2D eigenvalue weighted by molar-refractivity contribution is 0.125. The Labute approximate surface area is 214 Å². The van der Waals surface area contributed by atoms with Crippen molar-refractivity contribution >= 4 is 0 Å². The van der Waals surface area contributed by atoms with Crippen LogP contribution in [0.2, 0.25) is 0 Å². The number of hydrogen-bond acceptors (Lipinski definition) is 4. The van der Waals surface area contributed by atoms with Gasteiger partial charge in [0.1, 0.15) is 0 Å². The van der Waals surface area contributed by atoms with E-state index in [1.54, 1.807) is 0 Å². The van der Waals surface area contributed by atoms with Gasteiger partial charge in [-0.05, 0) is 25.7 Å². The van der Waals surface area contributed by atoms with Crippen LogP contribution < -0.4 is 0 Å². The number of aliphatic hydroxyl groups excluding tert-OH is 3. The number of hydrogen-bond donors (Lipinski definition) is 3. The van der Waals surface area contributed by atoms with Crippen molar-refractivity contribution in [2.75, 3.05) is 33.0 Å². The summed E-state index contributed by atoms with van der Waals surface area (Å²) in [4.78, 5) is 0. The second-order valence-corrected chi connectivity index (χ2v) is 10.1. The minimum absolute atomic E-state index is 0.0104. The summed E-state index contributed by atoms with van der Waals surface area (Å²) < 4.78 is 5.78. The van der Waals surface area contributed by atoms with Gasteiger partial charge in [0.15, 0.2) is 0 Å². The summed E-state index contributed by atoms with van der Waals surface area (Å²) >= 11 is 0. The van der Waals surface area contributed by atoms with Crippen LogP contribution in [0.4, 0.5) is 0 Å². The summed E-state index contributed by atoms with van der Waals surface area (Å²) in [6.45, 7) is 6.72. The van der Waals surface area contributed by atoms with Gasteiger partial charge in [0.05, 0.1) is 0 Å². The highest BCUT2D eigenvalue weighted by Crippen LogP contribution is 2.12. The molecule has 0 radical (unpaired) electrons. The molecular formula is C30H64O4. The van der Waals surface area contributed by atoms with E-state index < -0.39 is 0 Å². The Morgan fingerprint density at radius 2 is 0.765 bits per heavy atom. The Bertz CT molecular complexity index is 299. The highest BCUT2D eigenvalue weighted by atomic mass is 16.5.